The first-order valence-corrected chi connectivity index (χ1v) is 9.51. The number of nitrogens with zero attached hydrogens (tertiary/aromatic N) is 5. The van der Waals surface area contributed by atoms with Crippen molar-refractivity contribution < 1.29 is 4.79 Å². The molecule has 2 saturated carbocycles. The van der Waals surface area contributed by atoms with E-state index in [9.17, 15) is 4.79 Å². The van der Waals surface area contributed by atoms with Crippen LogP contribution < -0.4 is 10.2 Å². The maximum Gasteiger partial charge on any atom is 0.254 e. The van der Waals surface area contributed by atoms with Crippen LogP contribution in [0.2, 0.25) is 0 Å². The Kier molecular flexibility index (Phi) is 3.81. The summed E-state index contributed by atoms with van der Waals surface area (Å²) in [7, 11) is 0. The first-order chi connectivity index (χ1) is 13.2. The quantitative estimate of drug-likeness (QED) is 0.729. The predicted octanol–water partition coefficient (Wildman–Crippen LogP) is 2.49. The number of aromatic nitrogens is 4. The molecule has 1 amide bonds. The lowest BCUT2D eigenvalue weighted by Gasteiger charge is -2.25. The zero-order valence-corrected chi connectivity index (χ0v) is 15.3. The summed E-state index contributed by atoms with van der Waals surface area (Å²) in [5, 5.41) is 7.38. The largest absolute Gasteiger partial charge is 0.349 e. The molecule has 1 N–H and O–H groups in total. The Balaban J connectivity index is 1.40. The molecule has 0 aliphatic heterocycles. The van der Waals surface area contributed by atoms with Gasteiger partial charge in [0.15, 0.2) is 0 Å². The van der Waals surface area contributed by atoms with E-state index in [1.807, 2.05) is 35.7 Å². The van der Waals surface area contributed by atoms with Crippen LogP contribution in [-0.4, -0.2) is 37.6 Å². The molecular weight excluding hydrogens is 340 g/mol. The molecule has 2 aliphatic rings. The molecule has 138 valence electrons. The number of fused-ring (bicyclic) bond motifs is 1. The highest BCUT2D eigenvalue weighted by atomic mass is 16.1. The monoisotopic (exact) mass is 362 g/mol. The lowest BCUT2D eigenvalue weighted by atomic mass is 10.1. The molecule has 27 heavy (non-hydrogen) atoms. The van der Waals surface area contributed by atoms with Crippen molar-refractivity contribution in [2.24, 2.45) is 0 Å². The van der Waals surface area contributed by atoms with Gasteiger partial charge in [0.2, 0.25) is 0 Å². The number of benzene rings is 1. The van der Waals surface area contributed by atoms with E-state index in [-0.39, 0.29) is 5.91 Å². The van der Waals surface area contributed by atoms with E-state index in [0.29, 0.717) is 17.9 Å². The molecule has 2 fully saturated rings. The standard InChI is InChI=1S/C20H22N6O/c1-13-10-18(26-20(23-13)21-12-22-26)25(17-8-9-17)11-14-2-4-15(5-3-14)19(27)24-16-6-7-16/h2-5,10,12,16-17H,6-9,11H2,1H3,(H,24,27). The van der Waals surface area contributed by atoms with Gasteiger partial charge in [-0.3, -0.25) is 4.79 Å². The summed E-state index contributed by atoms with van der Waals surface area (Å²) in [6, 6.07) is 10.9. The van der Waals surface area contributed by atoms with Crippen LogP contribution in [0.25, 0.3) is 5.78 Å². The molecule has 0 unspecified atom stereocenters. The smallest absolute Gasteiger partial charge is 0.254 e. The summed E-state index contributed by atoms with van der Waals surface area (Å²) < 4.78 is 1.81. The first kappa shape index (κ1) is 16.2. The fourth-order valence-electron chi connectivity index (χ4n) is 3.35. The van der Waals surface area contributed by atoms with Crippen molar-refractivity contribution in [1.82, 2.24) is 24.9 Å². The highest BCUT2D eigenvalue weighted by Crippen LogP contribution is 2.33. The third-order valence-electron chi connectivity index (χ3n) is 5.12. The van der Waals surface area contributed by atoms with Crippen LogP contribution in [0.1, 0.15) is 47.3 Å². The molecular formula is C20H22N6O. The van der Waals surface area contributed by atoms with Crippen LogP contribution in [-0.2, 0) is 6.54 Å². The molecule has 3 aromatic rings. The minimum absolute atomic E-state index is 0.0252. The van der Waals surface area contributed by atoms with Crippen LogP contribution in [0.15, 0.2) is 36.7 Å². The number of carbonyl (C=O) groups excluding carboxylic acids is 1. The number of nitrogens with one attached hydrogen (secondary N) is 1. The van der Waals surface area contributed by atoms with Crippen molar-refractivity contribution in [3.05, 3.63) is 53.5 Å². The van der Waals surface area contributed by atoms with Crippen LogP contribution in [0.3, 0.4) is 0 Å². The maximum atomic E-state index is 12.2. The predicted molar refractivity (Wildman–Crippen MR) is 102 cm³/mol. The average Bonchev–Trinajstić information content (AvgIpc) is 3.59. The Hall–Kier alpha value is -2.96. The SMILES string of the molecule is Cc1cc(N(Cc2ccc(C(=O)NC3CC3)cc2)C2CC2)n2ncnc2n1. The molecule has 7 nitrogen and oxygen atoms in total. The maximum absolute atomic E-state index is 12.2. The molecule has 2 aromatic heterocycles. The lowest BCUT2D eigenvalue weighted by molar-refractivity contribution is 0.0951. The van der Waals surface area contributed by atoms with Gasteiger partial charge in [-0.1, -0.05) is 12.1 Å². The molecule has 0 spiro atoms. The van der Waals surface area contributed by atoms with Gasteiger partial charge in [0, 0.05) is 36.0 Å². The van der Waals surface area contributed by atoms with Crippen molar-refractivity contribution >= 4 is 17.5 Å². The second-order valence-electron chi connectivity index (χ2n) is 7.53. The van der Waals surface area contributed by atoms with E-state index in [1.54, 1.807) is 6.33 Å². The fraction of sp³-hybridized carbons (Fsp3) is 0.400. The van der Waals surface area contributed by atoms with Gasteiger partial charge in [0.1, 0.15) is 12.1 Å². The zero-order chi connectivity index (χ0) is 18.4. The zero-order valence-electron chi connectivity index (χ0n) is 15.3. The van der Waals surface area contributed by atoms with Crippen LogP contribution in [0.5, 0.6) is 0 Å². The topological polar surface area (TPSA) is 75.4 Å². The lowest BCUT2D eigenvalue weighted by Crippen LogP contribution is -2.28. The second kappa shape index (κ2) is 6.33. The van der Waals surface area contributed by atoms with Gasteiger partial charge in [0.25, 0.3) is 11.7 Å². The molecule has 5 rings (SSSR count). The molecule has 7 heteroatoms. The first-order valence-electron chi connectivity index (χ1n) is 9.51. The fourth-order valence-corrected chi connectivity index (χ4v) is 3.35. The molecule has 0 bridgehead atoms. The van der Waals surface area contributed by atoms with Crippen molar-refractivity contribution in [1.29, 1.82) is 0 Å². The normalized spacial score (nSPS) is 16.5. The molecule has 0 atom stereocenters. The van der Waals surface area contributed by atoms with Gasteiger partial charge in [-0.25, -0.2) is 4.98 Å². The van der Waals surface area contributed by atoms with E-state index in [2.05, 4.69) is 31.3 Å². The Bertz CT molecular complexity index is 987. The Morgan fingerprint density at radius 2 is 2.00 bits per heavy atom. The van der Waals surface area contributed by atoms with E-state index < -0.39 is 0 Å². The number of rotatable bonds is 6. The van der Waals surface area contributed by atoms with Gasteiger partial charge >= 0.3 is 0 Å². The Morgan fingerprint density at radius 1 is 1.22 bits per heavy atom. The Morgan fingerprint density at radius 3 is 2.70 bits per heavy atom. The molecule has 1 aromatic carbocycles. The minimum atomic E-state index is 0.0252. The van der Waals surface area contributed by atoms with Gasteiger partial charge in [-0.2, -0.15) is 14.6 Å². The molecule has 0 saturated heterocycles. The third kappa shape index (κ3) is 3.37. The third-order valence-corrected chi connectivity index (χ3v) is 5.12. The van der Waals surface area contributed by atoms with Crippen LogP contribution in [0, 0.1) is 6.92 Å². The van der Waals surface area contributed by atoms with Gasteiger partial charge in [0.05, 0.1) is 0 Å². The number of aryl methyl sites for hydroxylation is 1. The molecule has 2 heterocycles. The minimum Gasteiger partial charge on any atom is -0.349 e. The molecule has 2 aliphatic carbocycles. The summed E-state index contributed by atoms with van der Waals surface area (Å²) in [5.74, 6) is 1.67. The van der Waals surface area contributed by atoms with Crippen molar-refractivity contribution in [2.45, 2.75) is 51.2 Å². The van der Waals surface area contributed by atoms with E-state index in [4.69, 9.17) is 0 Å². The van der Waals surface area contributed by atoms with Gasteiger partial charge in [-0.05, 0) is 50.3 Å². The Labute approximate surface area is 157 Å². The molecule has 0 radical (unpaired) electrons. The average molecular weight is 362 g/mol. The van der Waals surface area contributed by atoms with Crippen molar-refractivity contribution in [2.75, 3.05) is 4.90 Å². The number of anilines is 1. The summed E-state index contributed by atoms with van der Waals surface area (Å²) in [4.78, 5) is 23.2. The van der Waals surface area contributed by atoms with Crippen molar-refractivity contribution in [3.8, 4) is 0 Å². The van der Waals surface area contributed by atoms with E-state index >= 15 is 0 Å². The van der Waals surface area contributed by atoms with E-state index in [1.165, 1.54) is 18.4 Å². The highest BCUT2D eigenvalue weighted by molar-refractivity contribution is 5.94. The number of hydrogen-bond acceptors (Lipinski definition) is 5. The van der Waals surface area contributed by atoms with Crippen LogP contribution in [0.4, 0.5) is 5.82 Å². The number of amides is 1. The summed E-state index contributed by atoms with van der Waals surface area (Å²) in [6.45, 7) is 2.75. The summed E-state index contributed by atoms with van der Waals surface area (Å²) in [6.07, 6.45) is 6.10. The van der Waals surface area contributed by atoms with Gasteiger partial charge < -0.3 is 10.2 Å². The van der Waals surface area contributed by atoms with Crippen LogP contribution >= 0.6 is 0 Å². The highest BCUT2D eigenvalue weighted by Gasteiger charge is 2.31. The number of hydrogen-bond donors (Lipinski definition) is 1. The summed E-state index contributed by atoms with van der Waals surface area (Å²) in [5.41, 5.74) is 2.83. The van der Waals surface area contributed by atoms with E-state index in [0.717, 1.165) is 36.5 Å². The summed E-state index contributed by atoms with van der Waals surface area (Å²) >= 11 is 0. The second-order valence-corrected chi connectivity index (χ2v) is 7.53. The van der Waals surface area contributed by atoms with Gasteiger partial charge in [-0.15, -0.1) is 0 Å². The number of carbonyl (C=O) groups is 1. The van der Waals surface area contributed by atoms with Crippen molar-refractivity contribution in [3.63, 3.8) is 0 Å².